The first kappa shape index (κ1) is 12.9. The Balaban J connectivity index is 2.27. The molecule has 2 N–H and O–H groups in total. The third-order valence-corrected chi connectivity index (χ3v) is 4.55. The maximum absolute atomic E-state index is 6.36. The monoisotopic (exact) mass is 255 g/mol. The number of aromatic nitrogens is 2. The van der Waals surface area contributed by atoms with Gasteiger partial charge in [0.15, 0.2) is 0 Å². The maximum Gasteiger partial charge on any atom is 0.0847 e. The van der Waals surface area contributed by atoms with Crippen LogP contribution in [0.5, 0.6) is 0 Å². The number of halogens is 1. The van der Waals surface area contributed by atoms with E-state index in [1.54, 1.807) is 0 Å². The van der Waals surface area contributed by atoms with Crippen LogP contribution in [0.25, 0.3) is 0 Å². The van der Waals surface area contributed by atoms with Crippen LogP contribution in [0.15, 0.2) is 0 Å². The maximum atomic E-state index is 6.36. The average molecular weight is 256 g/mol. The predicted molar refractivity (Wildman–Crippen MR) is 71.2 cm³/mol. The lowest BCUT2D eigenvalue weighted by Gasteiger charge is -2.28. The van der Waals surface area contributed by atoms with E-state index in [1.807, 2.05) is 11.6 Å². The van der Waals surface area contributed by atoms with Gasteiger partial charge in [-0.1, -0.05) is 18.5 Å². The van der Waals surface area contributed by atoms with Crippen LogP contribution in [0, 0.1) is 18.3 Å². The number of rotatable bonds is 5. The lowest BCUT2D eigenvalue weighted by molar-refractivity contribution is 0.274. The molecular weight excluding hydrogens is 234 g/mol. The van der Waals surface area contributed by atoms with Gasteiger partial charge in [-0.2, -0.15) is 5.10 Å². The molecule has 1 aromatic rings. The largest absolute Gasteiger partial charge is 0.330 e. The Labute approximate surface area is 108 Å². The smallest absolute Gasteiger partial charge is 0.0847 e. The topological polar surface area (TPSA) is 43.8 Å². The van der Waals surface area contributed by atoms with Gasteiger partial charge in [0.1, 0.15) is 0 Å². The fraction of sp³-hybridized carbons (Fsp3) is 0.769. The Morgan fingerprint density at radius 1 is 1.53 bits per heavy atom. The summed E-state index contributed by atoms with van der Waals surface area (Å²) >= 11 is 6.36. The van der Waals surface area contributed by atoms with Gasteiger partial charge in [-0.15, -0.1) is 0 Å². The number of nitrogens with two attached hydrogens (primary N) is 1. The molecule has 3 nitrogen and oxygen atoms in total. The van der Waals surface area contributed by atoms with E-state index in [4.69, 9.17) is 17.3 Å². The average Bonchev–Trinajstić information content (AvgIpc) is 3.13. The van der Waals surface area contributed by atoms with Crippen LogP contribution in [0.2, 0.25) is 5.02 Å². The highest BCUT2D eigenvalue weighted by molar-refractivity contribution is 6.31. The fourth-order valence-electron chi connectivity index (χ4n) is 2.58. The molecule has 1 saturated carbocycles. The predicted octanol–water partition coefficient (Wildman–Crippen LogP) is 2.78. The molecule has 1 aromatic heterocycles. The first-order valence-electron chi connectivity index (χ1n) is 6.43. The molecule has 17 heavy (non-hydrogen) atoms. The van der Waals surface area contributed by atoms with Gasteiger partial charge in [0, 0.05) is 6.54 Å². The normalized spacial score (nSPS) is 19.4. The molecule has 1 unspecified atom stereocenters. The zero-order chi connectivity index (χ0) is 12.6. The minimum atomic E-state index is 0.184. The quantitative estimate of drug-likeness (QED) is 0.879. The number of nitrogens with zero attached hydrogens (tertiary/aromatic N) is 2. The summed E-state index contributed by atoms with van der Waals surface area (Å²) in [5.74, 6) is 0.768. The highest BCUT2D eigenvalue weighted by Crippen LogP contribution is 2.47. The second-order valence-corrected chi connectivity index (χ2v) is 5.85. The molecule has 4 heteroatoms. The van der Waals surface area contributed by atoms with Gasteiger partial charge in [-0.25, -0.2) is 0 Å². The van der Waals surface area contributed by atoms with Crippen LogP contribution in [0.4, 0.5) is 0 Å². The highest BCUT2D eigenvalue weighted by atomic mass is 35.5. The van der Waals surface area contributed by atoms with Crippen LogP contribution < -0.4 is 5.73 Å². The molecule has 1 aliphatic rings. The first-order chi connectivity index (χ1) is 8.01. The van der Waals surface area contributed by atoms with Gasteiger partial charge in [-0.3, -0.25) is 4.68 Å². The molecule has 0 aromatic carbocycles. The molecule has 1 fully saturated rings. The summed E-state index contributed by atoms with van der Waals surface area (Å²) in [6, 6.07) is 0. The van der Waals surface area contributed by atoms with Crippen molar-refractivity contribution in [2.45, 2.75) is 46.6 Å². The van der Waals surface area contributed by atoms with Crippen molar-refractivity contribution in [2.75, 3.05) is 6.54 Å². The van der Waals surface area contributed by atoms with E-state index in [-0.39, 0.29) is 5.41 Å². The Hall–Kier alpha value is -0.540. The van der Waals surface area contributed by atoms with Crippen molar-refractivity contribution >= 4 is 11.6 Å². The molecular formula is C13H22ClN3. The van der Waals surface area contributed by atoms with Gasteiger partial charge >= 0.3 is 0 Å². The number of hydrogen-bond donors (Lipinski definition) is 1. The molecule has 0 amide bonds. The fourth-order valence-corrected chi connectivity index (χ4v) is 2.79. The third-order valence-electron chi connectivity index (χ3n) is 4.05. The zero-order valence-electron chi connectivity index (χ0n) is 11.0. The van der Waals surface area contributed by atoms with Crippen LogP contribution >= 0.6 is 11.6 Å². The van der Waals surface area contributed by atoms with Crippen molar-refractivity contribution in [1.29, 1.82) is 0 Å². The Morgan fingerprint density at radius 2 is 2.18 bits per heavy atom. The minimum Gasteiger partial charge on any atom is -0.330 e. The standard InChI is InChI=1S/C13H22ClN3/c1-4-17-11(12(14)9(2)16-17)7-13(3,8-15)10-5-6-10/h10H,4-8,15H2,1-3H3. The van der Waals surface area contributed by atoms with E-state index < -0.39 is 0 Å². The minimum absolute atomic E-state index is 0.184. The van der Waals surface area contributed by atoms with Gasteiger partial charge in [0.25, 0.3) is 0 Å². The third kappa shape index (κ3) is 2.36. The van der Waals surface area contributed by atoms with Crippen molar-refractivity contribution < 1.29 is 0 Å². The van der Waals surface area contributed by atoms with Gasteiger partial charge in [0.2, 0.25) is 0 Å². The van der Waals surface area contributed by atoms with E-state index in [0.29, 0.717) is 0 Å². The van der Waals surface area contributed by atoms with Crippen LogP contribution in [-0.2, 0) is 13.0 Å². The Bertz CT molecular complexity index is 409. The van der Waals surface area contributed by atoms with Crippen molar-refractivity contribution in [3.8, 4) is 0 Å². The molecule has 96 valence electrons. The lowest BCUT2D eigenvalue weighted by Crippen LogP contribution is -2.32. The van der Waals surface area contributed by atoms with Gasteiger partial charge in [-0.05, 0) is 51.0 Å². The summed E-state index contributed by atoms with van der Waals surface area (Å²) in [4.78, 5) is 0. The molecule has 1 atom stereocenters. The molecule has 0 radical (unpaired) electrons. The summed E-state index contributed by atoms with van der Waals surface area (Å²) in [5.41, 5.74) is 8.24. The summed E-state index contributed by atoms with van der Waals surface area (Å²) in [7, 11) is 0. The number of hydrogen-bond acceptors (Lipinski definition) is 2. The molecule has 0 bridgehead atoms. The van der Waals surface area contributed by atoms with Crippen molar-refractivity contribution in [1.82, 2.24) is 9.78 Å². The van der Waals surface area contributed by atoms with E-state index >= 15 is 0 Å². The van der Waals surface area contributed by atoms with E-state index in [9.17, 15) is 0 Å². The van der Waals surface area contributed by atoms with E-state index in [2.05, 4.69) is 18.9 Å². The lowest BCUT2D eigenvalue weighted by atomic mass is 9.80. The van der Waals surface area contributed by atoms with Crippen molar-refractivity contribution in [2.24, 2.45) is 17.1 Å². The molecule has 1 aliphatic carbocycles. The SMILES string of the molecule is CCn1nc(C)c(Cl)c1CC(C)(CN)C1CC1. The second kappa shape index (κ2) is 4.62. The van der Waals surface area contributed by atoms with Crippen LogP contribution in [0.3, 0.4) is 0 Å². The second-order valence-electron chi connectivity index (χ2n) is 5.47. The van der Waals surface area contributed by atoms with Gasteiger partial charge in [0.05, 0.1) is 16.4 Å². The molecule has 0 spiro atoms. The zero-order valence-corrected chi connectivity index (χ0v) is 11.7. The summed E-state index contributed by atoms with van der Waals surface area (Å²) in [6.45, 7) is 7.94. The van der Waals surface area contributed by atoms with Crippen LogP contribution in [0.1, 0.15) is 38.1 Å². The number of aryl methyl sites for hydroxylation is 2. The Morgan fingerprint density at radius 3 is 2.65 bits per heavy atom. The summed E-state index contributed by atoms with van der Waals surface area (Å²) in [5, 5.41) is 5.30. The molecule has 2 rings (SSSR count). The Kier molecular flexibility index (Phi) is 3.50. The van der Waals surface area contributed by atoms with E-state index in [0.717, 1.165) is 41.8 Å². The first-order valence-corrected chi connectivity index (χ1v) is 6.81. The van der Waals surface area contributed by atoms with Crippen LogP contribution in [-0.4, -0.2) is 16.3 Å². The molecule has 0 saturated heterocycles. The molecule has 1 heterocycles. The van der Waals surface area contributed by atoms with E-state index in [1.165, 1.54) is 12.8 Å². The molecule has 0 aliphatic heterocycles. The summed E-state index contributed by atoms with van der Waals surface area (Å²) < 4.78 is 2.02. The van der Waals surface area contributed by atoms with Gasteiger partial charge < -0.3 is 5.73 Å². The highest BCUT2D eigenvalue weighted by Gasteiger charge is 2.41. The van der Waals surface area contributed by atoms with Crippen molar-refractivity contribution in [3.05, 3.63) is 16.4 Å². The summed E-state index contributed by atoms with van der Waals surface area (Å²) in [6.07, 6.45) is 3.57. The van der Waals surface area contributed by atoms with Crippen molar-refractivity contribution in [3.63, 3.8) is 0 Å².